The smallest absolute Gasteiger partial charge is 0.157 e. The van der Waals surface area contributed by atoms with E-state index in [9.17, 15) is 0 Å². The molecule has 0 bridgehead atoms. The van der Waals surface area contributed by atoms with Crippen LogP contribution in [0, 0.1) is 0 Å². The van der Waals surface area contributed by atoms with Gasteiger partial charge in [0, 0.05) is 30.9 Å². The first-order valence-electron chi connectivity index (χ1n) is 9.73. The number of rotatable bonds is 7. The third-order valence-corrected chi connectivity index (χ3v) is 5.19. The summed E-state index contributed by atoms with van der Waals surface area (Å²) in [6.07, 6.45) is 6.95. The standard InChI is InChI=1S/C21H27N5O/c1-3-9-22-10-6-17-14-23-20-7-11-24-26(20)21(17)25-12-8-16-13-19(27-2)5-4-18(16)15-25/h4-5,7,11,13-14,22H,3,6,8-10,12,15H2,1-2H3. The second kappa shape index (κ2) is 7.96. The lowest BCUT2D eigenvalue weighted by Gasteiger charge is -2.32. The lowest BCUT2D eigenvalue weighted by Crippen LogP contribution is -2.33. The van der Waals surface area contributed by atoms with Crippen molar-refractivity contribution in [1.29, 1.82) is 0 Å². The van der Waals surface area contributed by atoms with Gasteiger partial charge in [0.15, 0.2) is 5.65 Å². The predicted octanol–water partition coefficient (Wildman–Crippen LogP) is 2.84. The number of methoxy groups -OCH3 is 1. The van der Waals surface area contributed by atoms with Gasteiger partial charge in [-0.2, -0.15) is 9.61 Å². The van der Waals surface area contributed by atoms with Crippen molar-refractivity contribution in [3.8, 4) is 5.75 Å². The number of fused-ring (bicyclic) bond motifs is 2. The van der Waals surface area contributed by atoms with Gasteiger partial charge in [-0.3, -0.25) is 0 Å². The van der Waals surface area contributed by atoms with Crippen molar-refractivity contribution >= 4 is 11.5 Å². The highest BCUT2D eigenvalue weighted by Crippen LogP contribution is 2.29. The molecule has 0 aliphatic carbocycles. The normalized spacial score (nSPS) is 13.8. The molecule has 1 aliphatic heterocycles. The second-order valence-corrected chi connectivity index (χ2v) is 7.01. The summed E-state index contributed by atoms with van der Waals surface area (Å²) in [5.41, 5.74) is 4.87. The highest BCUT2D eigenvalue weighted by molar-refractivity contribution is 5.56. The Bertz CT molecular complexity index is 920. The maximum absolute atomic E-state index is 5.38. The number of aromatic nitrogens is 3. The van der Waals surface area contributed by atoms with Crippen LogP contribution < -0.4 is 15.0 Å². The van der Waals surface area contributed by atoms with Crippen molar-refractivity contribution < 1.29 is 4.74 Å². The van der Waals surface area contributed by atoms with Crippen LogP contribution >= 0.6 is 0 Å². The first-order valence-corrected chi connectivity index (χ1v) is 9.73. The summed E-state index contributed by atoms with van der Waals surface area (Å²) in [5.74, 6) is 2.10. The molecule has 0 fully saturated rings. The zero-order valence-electron chi connectivity index (χ0n) is 16.1. The van der Waals surface area contributed by atoms with Crippen molar-refractivity contribution in [2.75, 3.05) is 31.6 Å². The van der Waals surface area contributed by atoms with Gasteiger partial charge in [-0.25, -0.2) is 4.98 Å². The SMILES string of the molecule is CCCNCCc1cnc2ccnn2c1N1CCc2cc(OC)ccc2C1. The molecular formula is C21H27N5O. The van der Waals surface area contributed by atoms with Crippen LogP contribution in [-0.2, 0) is 19.4 Å². The predicted molar refractivity (Wildman–Crippen MR) is 108 cm³/mol. The van der Waals surface area contributed by atoms with E-state index in [-0.39, 0.29) is 0 Å². The zero-order chi connectivity index (χ0) is 18.6. The van der Waals surface area contributed by atoms with Crippen molar-refractivity contribution in [2.45, 2.75) is 32.7 Å². The highest BCUT2D eigenvalue weighted by atomic mass is 16.5. The molecular weight excluding hydrogens is 338 g/mol. The molecule has 0 radical (unpaired) electrons. The Labute approximate surface area is 160 Å². The molecule has 0 atom stereocenters. The molecule has 1 N–H and O–H groups in total. The third kappa shape index (κ3) is 3.62. The minimum absolute atomic E-state index is 0.883. The average Bonchev–Trinajstić information content (AvgIpc) is 3.19. The summed E-state index contributed by atoms with van der Waals surface area (Å²) >= 11 is 0. The Morgan fingerprint density at radius 2 is 2.11 bits per heavy atom. The first kappa shape index (κ1) is 17.8. The summed E-state index contributed by atoms with van der Waals surface area (Å²) < 4.78 is 7.37. The Hall–Kier alpha value is -2.60. The largest absolute Gasteiger partial charge is 0.497 e. The van der Waals surface area contributed by atoms with E-state index in [1.807, 2.05) is 29.0 Å². The minimum atomic E-state index is 0.883. The minimum Gasteiger partial charge on any atom is -0.497 e. The summed E-state index contributed by atoms with van der Waals surface area (Å²) in [4.78, 5) is 7.03. The molecule has 0 amide bonds. The van der Waals surface area contributed by atoms with Crippen LogP contribution in [0.25, 0.3) is 5.65 Å². The summed E-state index contributed by atoms with van der Waals surface area (Å²) in [7, 11) is 1.72. The summed E-state index contributed by atoms with van der Waals surface area (Å²) in [6.45, 7) is 6.04. The molecule has 27 heavy (non-hydrogen) atoms. The number of ether oxygens (including phenoxy) is 1. The molecule has 142 valence electrons. The van der Waals surface area contributed by atoms with Gasteiger partial charge in [0.25, 0.3) is 0 Å². The van der Waals surface area contributed by atoms with Crippen LogP contribution in [0.1, 0.15) is 30.0 Å². The number of nitrogens with zero attached hydrogens (tertiary/aromatic N) is 4. The van der Waals surface area contributed by atoms with Crippen molar-refractivity contribution in [2.24, 2.45) is 0 Å². The maximum atomic E-state index is 5.38. The van der Waals surface area contributed by atoms with E-state index in [1.165, 1.54) is 22.5 Å². The number of hydrogen-bond donors (Lipinski definition) is 1. The van der Waals surface area contributed by atoms with Gasteiger partial charge in [-0.15, -0.1) is 0 Å². The number of hydrogen-bond acceptors (Lipinski definition) is 5. The van der Waals surface area contributed by atoms with E-state index >= 15 is 0 Å². The second-order valence-electron chi connectivity index (χ2n) is 7.01. The molecule has 0 spiro atoms. The first-order chi connectivity index (χ1) is 13.3. The van der Waals surface area contributed by atoms with Crippen LogP contribution in [0.4, 0.5) is 5.82 Å². The van der Waals surface area contributed by atoms with Crippen molar-refractivity contribution in [3.05, 3.63) is 53.3 Å². The fraction of sp³-hybridized carbons (Fsp3) is 0.429. The lowest BCUT2D eigenvalue weighted by atomic mass is 9.99. The molecule has 3 aromatic rings. The van der Waals surface area contributed by atoms with Gasteiger partial charge in [-0.05, 0) is 55.6 Å². The summed E-state index contributed by atoms with van der Waals surface area (Å²) in [6, 6.07) is 8.36. The molecule has 4 rings (SSSR count). The number of benzene rings is 1. The quantitative estimate of drug-likeness (QED) is 0.653. The highest BCUT2D eigenvalue weighted by Gasteiger charge is 2.22. The van der Waals surface area contributed by atoms with E-state index in [0.717, 1.165) is 56.8 Å². The lowest BCUT2D eigenvalue weighted by molar-refractivity contribution is 0.413. The van der Waals surface area contributed by atoms with Gasteiger partial charge < -0.3 is 15.0 Å². The van der Waals surface area contributed by atoms with E-state index in [2.05, 4.69) is 39.4 Å². The Balaban J connectivity index is 1.64. The molecule has 0 saturated carbocycles. The Kier molecular flexibility index (Phi) is 5.25. The monoisotopic (exact) mass is 365 g/mol. The Morgan fingerprint density at radius 1 is 1.19 bits per heavy atom. The molecule has 6 nitrogen and oxygen atoms in total. The van der Waals surface area contributed by atoms with Crippen molar-refractivity contribution in [3.63, 3.8) is 0 Å². The number of nitrogens with one attached hydrogen (secondary N) is 1. The molecule has 1 aliphatic rings. The topological polar surface area (TPSA) is 54.7 Å². The molecule has 0 saturated heterocycles. The zero-order valence-corrected chi connectivity index (χ0v) is 16.1. The summed E-state index contributed by atoms with van der Waals surface area (Å²) in [5, 5.41) is 8.05. The fourth-order valence-electron chi connectivity index (χ4n) is 3.77. The fourth-order valence-corrected chi connectivity index (χ4v) is 3.77. The van der Waals surface area contributed by atoms with Crippen LogP contribution in [-0.4, -0.2) is 41.3 Å². The molecule has 3 heterocycles. The van der Waals surface area contributed by atoms with Crippen LogP contribution in [0.3, 0.4) is 0 Å². The van der Waals surface area contributed by atoms with E-state index in [4.69, 9.17) is 4.74 Å². The Morgan fingerprint density at radius 3 is 2.96 bits per heavy atom. The van der Waals surface area contributed by atoms with Gasteiger partial charge in [0.05, 0.1) is 13.3 Å². The molecule has 0 unspecified atom stereocenters. The van der Waals surface area contributed by atoms with Crippen LogP contribution in [0.15, 0.2) is 36.7 Å². The van der Waals surface area contributed by atoms with Gasteiger partial charge >= 0.3 is 0 Å². The molecule has 2 aromatic heterocycles. The van der Waals surface area contributed by atoms with Crippen molar-refractivity contribution in [1.82, 2.24) is 19.9 Å². The van der Waals surface area contributed by atoms with E-state index in [0.29, 0.717) is 0 Å². The van der Waals surface area contributed by atoms with Gasteiger partial charge in [0.1, 0.15) is 11.6 Å². The van der Waals surface area contributed by atoms with Gasteiger partial charge in [0.2, 0.25) is 0 Å². The van der Waals surface area contributed by atoms with E-state index in [1.54, 1.807) is 7.11 Å². The van der Waals surface area contributed by atoms with Crippen LogP contribution in [0.5, 0.6) is 5.75 Å². The third-order valence-electron chi connectivity index (χ3n) is 5.19. The van der Waals surface area contributed by atoms with Crippen LogP contribution in [0.2, 0.25) is 0 Å². The average molecular weight is 365 g/mol. The number of anilines is 1. The maximum Gasteiger partial charge on any atom is 0.157 e. The molecule has 1 aromatic carbocycles. The van der Waals surface area contributed by atoms with Gasteiger partial charge in [-0.1, -0.05) is 13.0 Å². The molecule has 6 heteroatoms. The van der Waals surface area contributed by atoms with E-state index < -0.39 is 0 Å².